The number of anilines is 1. The maximum Gasteiger partial charge on any atom is 0.259 e. The van der Waals surface area contributed by atoms with Crippen molar-refractivity contribution in [2.24, 2.45) is 0 Å². The van der Waals surface area contributed by atoms with Crippen LogP contribution in [0.4, 0.5) is 10.2 Å². The number of nitrogens with one attached hydrogen (secondary N) is 1. The van der Waals surface area contributed by atoms with Gasteiger partial charge < -0.3 is 19.5 Å². The lowest BCUT2D eigenvalue weighted by molar-refractivity contribution is 0.0301. The average molecular weight is 468 g/mol. The molecule has 1 saturated carbocycles. The second-order valence-corrected chi connectivity index (χ2v) is 9.06. The Hall–Kier alpha value is -3.18. The molecule has 2 fully saturated rings. The normalized spacial score (nSPS) is 16.6. The van der Waals surface area contributed by atoms with Crippen molar-refractivity contribution < 1.29 is 13.9 Å². The fourth-order valence-corrected chi connectivity index (χ4v) is 4.99. The van der Waals surface area contributed by atoms with Gasteiger partial charge in [-0.05, 0) is 25.0 Å². The number of ether oxygens (including phenoxy) is 1. The van der Waals surface area contributed by atoms with Crippen LogP contribution in [-0.4, -0.2) is 68.2 Å². The monoisotopic (exact) mass is 467 g/mol. The second kappa shape index (κ2) is 8.31. The number of carbonyl (C=O) groups is 1. The molecule has 4 aromatic rings. The van der Waals surface area contributed by atoms with Gasteiger partial charge in [0.2, 0.25) is 0 Å². The minimum Gasteiger partial charge on any atom is -0.378 e. The summed E-state index contributed by atoms with van der Waals surface area (Å²) >= 11 is 1.47. The van der Waals surface area contributed by atoms with Crippen LogP contribution in [0.5, 0.6) is 0 Å². The Morgan fingerprint density at radius 3 is 2.88 bits per heavy atom. The SMILES string of the molecule is O=C(c1c(F)ccc2nc(CCNc3ncnc4scnc34)n(C3CC3)c12)N1CCOCC1. The molecule has 4 heterocycles. The first-order valence-electron chi connectivity index (χ1n) is 11.0. The van der Waals surface area contributed by atoms with Crippen LogP contribution >= 0.6 is 11.3 Å². The minimum absolute atomic E-state index is 0.119. The number of nitrogens with zero attached hydrogens (tertiary/aromatic N) is 6. The predicted octanol–water partition coefficient (Wildman–Crippen LogP) is 3.04. The van der Waals surface area contributed by atoms with E-state index < -0.39 is 5.82 Å². The Kier molecular flexibility index (Phi) is 5.14. The molecule has 0 spiro atoms. The maximum absolute atomic E-state index is 15.0. The molecule has 1 aliphatic carbocycles. The summed E-state index contributed by atoms with van der Waals surface area (Å²) in [4.78, 5) is 33.5. The summed E-state index contributed by atoms with van der Waals surface area (Å²) in [5, 5.41) is 3.33. The van der Waals surface area contributed by atoms with E-state index in [1.807, 2.05) is 0 Å². The molecular weight excluding hydrogens is 445 g/mol. The summed E-state index contributed by atoms with van der Waals surface area (Å²) in [7, 11) is 0. The van der Waals surface area contributed by atoms with Crippen molar-refractivity contribution in [2.75, 3.05) is 38.2 Å². The lowest BCUT2D eigenvalue weighted by atomic mass is 10.1. The molecule has 0 atom stereocenters. The number of carbonyl (C=O) groups excluding carboxylic acids is 1. The van der Waals surface area contributed by atoms with Crippen LogP contribution in [-0.2, 0) is 11.2 Å². The Balaban J connectivity index is 1.33. The number of morpholine rings is 1. The van der Waals surface area contributed by atoms with Crippen molar-refractivity contribution >= 4 is 44.4 Å². The number of imidazole rings is 1. The third-order valence-corrected chi connectivity index (χ3v) is 6.81. The number of benzene rings is 1. The largest absolute Gasteiger partial charge is 0.378 e. The van der Waals surface area contributed by atoms with Crippen molar-refractivity contribution in [3.05, 3.63) is 41.2 Å². The molecule has 0 radical (unpaired) electrons. The van der Waals surface area contributed by atoms with Crippen LogP contribution in [0.25, 0.3) is 21.4 Å². The molecule has 9 nitrogen and oxygen atoms in total. The molecule has 1 aliphatic heterocycles. The van der Waals surface area contributed by atoms with E-state index in [1.165, 1.54) is 23.7 Å². The molecule has 170 valence electrons. The molecule has 2 aliphatic rings. The van der Waals surface area contributed by atoms with Crippen LogP contribution in [0.2, 0.25) is 0 Å². The summed E-state index contributed by atoms with van der Waals surface area (Å²) in [5.41, 5.74) is 3.87. The summed E-state index contributed by atoms with van der Waals surface area (Å²) < 4.78 is 22.5. The van der Waals surface area contributed by atoms with Crippen molar-refractivity contribution in [3.63, 3.8) is 0 Å². The van der Waals surface area contributed by atoms with Gasteiger partial charge in [0.15, 0.2) is 5.82 Å². The maximum atomic E-state index is 15.0. The number of amides is 1. The Morgan fingerprint density at radius 2 is 2.06 bits per heavy atom. The van der Waals surface area contributed by atoms with Gasteiger partial charge in [0.05, 0.1) is 29.8 Å². The Labute approximate surface area is 192 Å². The van der Waals surface area contributed by atoms with E-state index in [-0.39, 0.29) is 17.5 Å². The predicted molar refractivity (Wildman–Crippen MR) is 122 cm³/mol. The first kappa shape index (κ1) is 20.4. The first-order chi connectivity index (χ1) is 16.2. The fraction of sp³-hybridized carbons (Fsp3) is 0.409. The molecule has 11 heteroatoms. The number of fused-ring (bicyclic) bond motifs is 2. The average Bonchev–Trinajstić information content (AvgIpc) is 3.43. The lowest BCUT2D eigenvalue weighted by Gasteiger charge is -2.27. The molecule has 1 N–H and O–H groups in total. The van der Waals surface area contributed by atoms with Gasteiger partial charge in [0.25, 0.3) is 5.91 Å². The zero-order valence-corrected chi connectivity index (χ0v) is 18.6. The van der Waals surface area contributed by atoms with Gasteiger partial charge in [-0.1, -0.05) is 0 Å². The second-order valence-electron chi connectivity index (χ2n) is 8.23. The molecular formula is C22H22FN7O2S. The van der Waals surface area contributed by atoms with Gasteiger partial charge in [-0.25, -0.2) is 24.3 Å². The highest BCUT2D eigenvalue weighted by atomic mass is 32.1. The molecule has 6 rings (SSSR count). The number of halogens is 1. The van der Waals surface area contributed by atoms with Gasteiger partial charge in [-0.3, -0.25) is 4.79 Å². The van der Waals surface area contributed by atoms with E-state index in [0.29, 0.717) is 56.1 Å². The molecule has 1 aromatic carbocycles. The topological polar surface area (TPSA) is 98.1 Å². The van der Waals surface area contributed by atoms with E-state index in [0.717, 1.165) is 29.0 Å². The number of aromatic nitrogens is 5. The van der Waals surface area contributed by atoms with Crippen molar-refractivity contribution in [3.8, 4) is 0 Å². The van der Waals surface area contributed by atoms with Gasteiger partial charge in [-0.2, -0.15) is 0 Å². The number of thiazole rings is 1. The van der Waals surface area contributed by atoms with Crippen LogP contribution in [0.15, 0.2) is 24.0 Å². The first-order valence-corrected chi connectivity index (χ1v) is 11.9. The molecule has 1 saturated heterocycles. The molecule has 1 amide bonds. The van der Waals surface area contributed by atoms with Crippen LogP contribution < -0.4 is 5.32 Å². The fourth-order valence-electron chi connectivity index (χ4n) is 4.36. The summed E-state index contributed by atoms with van der Waals surface area (Å²) in [6, 6.07) is 3.26. The summed E-state index contributed by atoms with van der Waals surface area (Å²) in [6.07, 6.45) is 4.13. The Morgan fingerprint density at radius 1 is 1.21 bits per heavy atom. The number of hydrogen-bond donors (Lipinski definition) is 1. The molecule has 0 unspecified atom stereocenters. The third-order valence-electron chi connectivity index (χ3n) is 6.07. The van der Waals surface area contributed by atoms with E-state index in [9.17, 15) is 4.79 Å². The molecule has 33 heavy (non-hydrogen) atoms. The lowest BCUT2D eigenvalue weighted by Crippen LogP contribution is -2.41. The standard InChI is InChI=1S/C22H22FN7O2S/c23-14-3-4-15-19(17(14)22(31)29-7-9-32-10-8-29)30(13-1-2-13)16(28-15)5-6-24-20-18-21(26-11-25-20)33-12-27-18/h3-4,11-13H,1-2,5-10H2,(H,24,25,26). The Bertz CT molecular complexity index is 1340. The van der Waals surface area contributed by atoms with Crippen molar-refractivity contribution in [1.82, 2.24) is 29.4 Å². The third kappa shape index (κ3) is 3.70. The number of hydrogen-bond acceptors (Lipinski definition) is 8. The van der Waals surface area contributed by atoms with Crippen molar-refractivity contribution in [2.45, 2.75) is 25.3 Å². The molecule has 0 bridgehead atoms. The minimum atomic E-state index is -0.502. The quantitative estimate of drug-likeness (QED) is 0.465. The van der Waals surface area contributed by atoms with E-state index in [2.05, 4.69) is 24.8 Å². The summed E-state index contributed by atoms with van der Waals surface area (Å²) in [6.45, 7) is 2.45. The number of rotatable bonds is 6. The van der Waals surface area contributed by atoms with Gasteiger partial charge >= 0.3 is 0 Å². The highest BCUT2D eigenvalue weighted by Crippen LogP contribution is 2.40. The van der Waals surface area contributed by atoms with Crippen molar-refractivity contribution in [1.29, 1.82) is 0 Å². The van der Waals surface area contributed by atoms with Crippen LogP contribution in [0.3, 0.4) is 0 Å². The smallest absolute Gasteiger partial charge is 0.259 e. The van der Waals surface area contributed by atoms with Crippen LogP contribution in [0.1, 0.15) is 35.1 Å². The van der Waals surface area contributed by atoms with Gasteiger partial charge in [0.1, 0.15) is 33.9 Å². The highest BCUT2D eigenvalue weighted by Gasteiger charge is 2.33. The summed E-state index contributed by atoms with van der Waals surface area (Å²) in [5.74, 6) is 0.729. The van der Waals surface area contributed by atoms with Crippen LogP contribution in [0, 0.1) is 5.82 Å². The van der Waals surface area contributed by atoms with Gasteiger partial charge in [0, 0.05) is 32.1 Å². The van der Waals surface area contributed by atoms with Gasteiger partial charge in [-0.15, -0.1) is 11.3 Å². The zero-order chi connectivity index (χ0) is 22.4. The molecule has 3 aromatic heterocycles. The highest BCUT2D eigenvalue weighted by molar-refractivity contribution is 7.16. The zero-order valence-electron chi connectivity index (χ0n) is 17.8. The van der Waals surface area contributed by atoms with E-state index >= 15 is 4.39 Å². The van der Waals surface area contributed by atoms with E-state index in [1.54, 1.807) is 16.5 Å². The van der Waals surface area contributed by atoms with E-state index in [4.69, 9.17) is 9.72 Å².